The molecule has 3 heterocycles. The lowest BCUT2D eigenvalue weighted by molar-refractivity contribution is 1.18. The van der Waals surface area contributed by atoms with Gasteiger partial charge in [-0.25, -0.2) is 0 Å². The Hall–Kier alpha value is -5.22. The summed E-state index contributed by atoms with van der Waals surface area (Å²) in [5, 5.41) is 3.86. The van der Waals surface area contributed by atoms with E-state index in [9.17, 15) is 0 Å². The van der Waals surface area contributed by atoms with Gasteiger partial charge in [-0.3, -0.25) is 0 Å². The molecule has 0 bridgehead atoms. The SMILES string of the molecule is c1ccc(-n2c3ccccc3c3cc(-c4ccc(-c5ccc(-c6ccc(-c7cc8ccccc8s7)cc6)s5)cc4)ccc32)cc1. The molecule has 0 atom stereocenters. The minimum atomic E-state index is 1.18. The zero-order valence-corrected chi connectivity index (χ0v) is 26.0. The van der Waals surface area contributed by atoms with Crippen LogP contribution in [0.15, 0.2) is 164 Å². The summed E-state index contributed by atoms with van der Waals surface area (Å²) < 4.78 is 3.70. The Morgan fingerprint density at radius 1 is 0.356 bits per heavy atom. The van der Waals surface area contributed by atoms with Gasteiger partial charge in [-0.15, -0.1) is 22.7 Å². The molecule has 0 N–H and O–H groups in total. The molecule has 0 aliphatic carbocycles. The Balaban J connectivity index is 0.997. The Morgan fingerprint density at radius 3 is 1.67 bits per heavy atom. The van der Waals surface area contributed by atoms with Crippen molar-refractivity contribution in [1.82, 2.24) is 4.57 Å². The molecule has 0 saturated carbocycles. The van der Waals surface area contributed by atoms with Gasteiger partial charge in [-0.1, -0.05) is 109 Å². The fourth-order valence-corrected chi connectivity index (χ4v) is 8.49. The first-order valence-electron chi connectivity index (χ1n) is 15.2. The number of rotatable bonds is 5. The zero-order valence-electron chi connectivity index (χ0n) is 24.4. The summed E-state index contributed by atoms with van der Waals surface area (Å²) in [6.45, 7) is 0. The van der Waals surface area contributed by atoms with Gasteiger partial charge in [0, 0.05) is 35.8 Å². The molecule has 6 aromatic carbocycles. The summed E-state index contributed by atoms with van der Waals surface area (Å²) in [6.07, 6.45) is 0. The van der Waals surface area contributed by atoms with Crippen molar-refractivity contribution in [3.63, 3.8) is 0 Å². The molecule has 0 saturated heterocycles. The summed E-state index contributed by atoms with van der Waals surface area (Å²) in [5.74, 6) is 0. The molecule has 1 nitrogen and oxygen atoms in total. The van der Waals surface area contributed by atoms with Crippen LogP contribution in [-0.2, 0) is 0 Å². The Labute approximate surface area is 269 Å². The number of aromatic nitrogens is 1. The summed E-state index contributed by atoms with van der Waals surface area (Å²) in [6, 6.07) is 59.6. The number of hydrogen-bond acceptors (Lipinski definition) is 2. The van der Waals surface area contributed by atoms with Crippen molar-refractivity contribution in [2.75, 3.05) is 0 Å². The second-order valence-electron chi connectivity index (χ2n) is 11.4. The largest absolute Gasteiger partial charge is 0.309 e. The number of benzene rings is 6. The van der Waals surface area contributed by atoms with E-state index in [0.29, 0.717) is 0 Å². The van der Waals surface area contributed by atoms with Crippen LogP contribution in [0.1, 0.15) is 0 Å². The lowest BCUT2D eigenvalue weighted by Crippen LogP contribution is -1.92. The molecule has 3 heteroatoms. The van der Waals surface area contributed by atoms with Gasteiger partial charge in [0.25, 0.3) is 0 Å². The number of fused-ring (bicyclic) bond motifs is 4. The van der Waals surface area contributed by atoms with Gasteiger partial charge in [0.05, 0.1) is 11.0 Å². The van der Waals surface area contributed by atoms with E-state index in [1.807, 2.05) is 22.7 Å². The Morgan fingerprint density at radius 2 is 0.933 bits per heavy atom. The smallest absolute Gasteiger partial charge is 0.0541 e. The van der Waals surface area contributed by atoms with Crippen LogP contribution in [-0.4, -0.2) is 4.57 Å². The summed E-state index contributed by atoms with van der Waals surface area (Å²) >= 11 is 3.71. The molecule has 0 aliphatic rings. The van der Waals surface area contributed by atoms with Crippen molar-refractivity contribution in [2.45, 2.75) is 0 Å². The molecular formula is C42H27NS2. The summed E-state index contributed by atoms with van der Waals surface area (Å²) in [7, 11) is 0. The number of hydrogen-bond donors (Lipinski definition) is 0. The molecule has 0 fully saturated rings. The van der Waals surface area contributed by atoms with E-state index >= 15 is 0 Å². The first-order valence-corrected chi connectivity index (χ1v) is 16.8. The van der Waals surface area contributed by atoms with E-state index in [-0.39, 0.29) is 0 Å². The molecule has 9 rings (SSSR count). The third kappa shape index (κ3) is 4.60. The van der Waals surface area contributed by atoms with Crippen LogP contribution in [0, 0.1) is 0 Å². The highest BCUT2D eigenvalue weighted by Crippen LogP contribution is 2.39. The van der Waals surface area contributed by atoms with Gasteiger partial charge >= 0.3 is 0 Å². The van der Waals surface area contributed by atoms with Crippen molar-refractivity contribution in [2.24, 2.45) is 0 Å². The molecule has 9 aromatic rings. The second-order valence-corrected chi connectivity index (χ2v) is 13.6. The maximum atomic E-state index is 2.36. The van der Waals surface area contributed by atoms with Crippen molar-refractivity contribution < 1.29 is 0 Å². The fourth-order valence-electron chi connectivity index (χ4n) is 6.41. The van der Waals surface area contributed by atoms with Crippen LogP contribution < -0.4 is 0 Å². The van der Waals surface area contributed by atoms with Crippen LogP contribution in [0.25, 0.3) is 80.0 Å². The van der Waals surface area contributed by atoms with Crippen LogP contribution in [0.3, 0.4) is 0 Å². The minimum absolute atomic E-state index is 1.18. The molecule has 3 aromatic heterocycles. The van der Waals surface area contributed by atoms with E-state index in [0.717, 1.165) is 0 Å². The number of thiophene rings is 2. The van der Waals surface area contributed by atoms with Gasteiger partial charge in [0.15, 0.2) is 0 Å². The quantitative estimate of drug-likeness (QED) is 0.183. The molecule has 0 radical (unpaired) electrons. The van der Waals surface area contributed by atoms with E-state index in [4.69, 9.17) is 0 Å². The van der Waals surface area contributed by atoms with Gasteiger partial charge in [0.1, 0.15) is 0 Å². The van der Waals surface area contributed by atoms with Gasteiger partial charge in [-0.05, 0) is 87.8 Å². The van der Waals surface area contributed by atoms with Crippen LogP contribution in [0.4, 0.5) is 0 Å². The standard InChI is InChI=1S/C42H27NS2/c1-2-9-34(10-3-1)43-37-12-6-5-11-35(37)36-26-32(22-23-38(36)43)28-14-16-29(17-15-28)40-24-25-41(44-40)30-18-20-31(21-19-30)42-27-33-8-4-7-13-39(33)45-42/h1-27H. The third-order valence-electron chi connectivity index (χ3n) is 8.68. The Kier molecular flexibility index (Phi) is 6.26. The van der Waals surface area contributed by atoms with Crippen molar-refractivity contribution in [3.8, 4) is 48.1 Å². The molecule has 212 valence electrons. The molecule has 0 spiro atoms. The van der Waals surface area contributed by atoms with E-state index in [1.54, 1.807) is 0 Å². The highest BCUT2D eigenvalue weighted by atomic mass is 32.1. The summed E-state index contributed by atoms with van der Waals surface area (Å²) in [4.78, 5) is 3.89. The van der Waals surface area contributed by atoms with Crippen molar-refractivity contribution in [3.05, 3.63) is 164 Å². The summed E-state index contributed by atoms with van der Waals surface area (Å²) in [5.41, 5.74) is 9.88. The maximum Gasteiger partial charge on any atom is 0.0541 e. The highest BCUT2D eigenvalue weighted by Gasteiger charge is 2.13. The molecule has 0 unspecified atom stereocenters. The van der Waals surface area contributed by atoms with Gasteiger partial charge < -0.3 is 4.57 Å². The third-order valence-corrected chi connectivity index (χ3v) is 11.0. The zero-order chi connectivity index (χ0) is 29.7. The van der Waals surface area contributed by atoms with Gasteiger partial charge in [0.2, 0.25) is 0 Å². The second kappa shape index (κ2) is 10.7. The molecule has 0 aliphatic heterocycles. The molecule has 0 amide bonds. The molecule has 45 heavy (non-hydrogen) atoms. The number of nitrogens with zero attached hydrogens (tertiary/aromatic N) is 1. The number of para-hydroxylation sites is 2. The average molecular weight is 610 g/mol. The average Bonchev–Trinajstić information content (AvgIpc) is 3.85. The highest BCUT2D eigenvalue weighted by molar-refractivity contribution is 7.22. The van der Waals surface area contributed by atoms with Crippen LogP contribution in [0.2, 0.25) is 0 Å². The predicted molar refractivity (Wildman–Crippen MR) is 196 cm³/mol. The predicted octanol–water partition coefficient (Wildman–Crippen LogP) is 12.7. The van der Waals surface area contributed by atoms with Gasteiger partial charge in [-0.2, -0.15) is 0 Å². The van der Waals surface area contributed by atoms with Crippen LogP contribution in [0.5, 0.6) is 0 Å². The van der Waals surface area contributed by atoms with E-state index in [2.05, 4.69) is 168 Å². The maximum absolute atomic E-state index is 2.36. The topological polar surface area (TPSA) is 4.93 Å². The van der Waals surface area contributed by atoms with E-state index in [1.165, 1.54) is 80.0 Å². The monoisotopic (exact) mass is 609 g/mol. The first-order chi connectivity index (χ1) is 22.3. The molecular weight excluding hydrogens is 583 g/mol. The minimum Gasteiger partial charge on any atom is -0.309 e. The lowest BCUT2D eigenvalue weighted by atomic mass is 10.0. The van der Waals surface area contributed by atoms with Crippen molar-refractivity contribution in [1.29, 1.82) is 0 Å². The van der Waals surface area contributed by atoms with E-state index < -0.39 is 0 Å². The Bertz CT molecular complexity index is 2420. The van der Waals surface area contributed by atoms with Crippen molar-refractivity contribution >= 4 is 54.6 Å². The fraction of sp³-hybridized carbons (Fsp3) is 0. The van der Waals surface area contributed by atoms with Crippen LogP contribution >= 0.6 is 22.7 Å². The first kappa shape index (κ1) is 26.2. The lowest BCUT2D eigenvalue weighted by Gasteiger charge is -2.08. The normalized spacial score (nSPS) is 11.6.